The molecule has 1 unspecified atom stereocenters. The van der Waals surface area contributed by atoms with E-state index in [9.17, 15) is 9.18 Å². The first-order valence-corrected chi connectivity index (χ1v) is 9.57. The number of carbonyl (C=O) groups excluding carboxylic acids is 1. The van der Waals surface area contributed by atoms with Gasteiger partial charge in [0.05, 0.1) is 12.1 Å². The van der Waals surface area contributed by atoms with Crippen molar-refractivity contribution in [2.45, 2.75) is 12.3 Å². The van der Waals surface area contributed by atoms with E-state index in [0.29, 0.717) is 33.6 Å². The van der Waals surface area contributed by atoms with Gasteiger partial charge in [0.2, 0.25) is 0 Å². The molecule has 0 saturated carbocycles. The van der Waals surface area contributed by atoms with E-state index in [4.69, 9.17) is 16.3 Å². The van der Waals surface area contributed by atoms with Gasteiger partial charge in [-0.25, -0.2) is 4.39 Å². The van der Waals surface area contributed by atoms with Crippen LogP contribution in [-0.2, 0) is 0 Å². The van der Waals surface area contributed by atoms with E-state index in [1.165, 1.54) is 29.0 Å². The average Bonchev–Trinajstić information content (AvgIpc) is 3.26. The number of fused-ring (bicyclic) bond motifs is 1. The number of carbonyl (C=O) groups is 1. The molecular formula is C20H17ClFNO2S. The first-order chi connectivity index (χ1) is 12.6. The molecule has 3 nitrogen and oxygen atoms in total. The Morgan fingerprint density at radius 2 is 2.04 bits per heavy atom. The zero-order valence-electron chi connectivity index (χ0n) is 14.2. The molecule has 1 fully saturated rings. The Morgan fingerprint density at radius 3 is 2.77 bits per heavy atom. The van der Waals surface area contributed by atoms with Crippen molar-refractivity contribution in [1.29, 1.82) is 0 Å². The predicted octanol–water partition coefficient (Wildman–Crippen LogP) is 5.33. The molecular weight excluding hydrogens is 373 g/mol. The number of methoxy groups -OCH3 is 1. The summed E-state index contributed by atoms with van der Waals surface area (Å²) < 4.78 is 19.3. The lowest BCUT2D eigenvalue weighted by Crippen LogP contribution is -2.27. The highest BCUT2D eigenvalue weighted by atomic mass is 35.5. The molecule has 4 rings (SSSR count). The Bertz CT molecular complexity index is 970. The Hall–Kier alpha value is -2.11. The first-order valence-electron chi connectivity index (χ1n) is 8.37. The van der Waals surface area contributed by atoms with Crippen LogP contribution in [-0.4, -0.2) is 31.0 Å². The molecule has 3 aromatic rings. The predicted molar refractivity (Wildman–Crippen MR) is 103 cm³/mol. The zero-order valence-corrected chi connectivity index (χ0v) is 15.7. The lowest BCUT2D eigenvalue weighted by Gasteiger charge is -2.16. The van der Waals surface area contributed by atoms with Gasteiger partial charge >= 0.3 is 0 Å². The zero-order chi connectivity index (χ0) is 18.3. The number of nitrogens with zero attached hydrogens (tertiary/aromatic N) is 1. The van der Waals surface area contributed by atoms with Gasteiger partial charge in [-0.05, 0) is 42.3 Å². The number of ether oxygens (including phenoxy) is 1. The lowest BCUT2D eigenvalue weighted by atomic mass is 9.98. The third-order valence-corrected chi connectivity index (χ3v) is 6.49. The number of hydrogen-bond donors (Lipinski definition) is 0. The van der Waals surface area contributed by atoms with E-state index in [1.54, 1.807) is 13.2 Å². The van der Waals surface area contributed by atoms with Gasteiger partial charge in [0.25, 0.3) is 5.91 Å². The summed E-state index contributed by atoms with van der Waals surface area (Å²) in [5.41, 5.74) is 1.20. The number of amides is 1. The molecule has 1 amide bonds. The van der Waals surface area contributed by atoms with Crippen LogP contribution in [0.15, 0.2) is 42.5 Å². The summed E-state index contributed by atoms with van der Waals surface area (Å²) in [6, 6.07) is 12.4. The van der Waals surface area contributed by atoms with Gasteiger partial charge in [-0.1, -0.05) is 23.7 Å². The SMILES string of the molecule is COc1ccc(C2CCN(C(=O)c3sc4cc(F)ccc4c3Cl)C2)cc1. The molecule has 1 aliphatic heterocycles. The molecule has 134 valence electrons. The van der Waals surface area contributed by atoms with Crippen molar-refractivity contribution in [3.05, 3.63) is 63.7 Å². The normalized spacial score (nSPS) is 17.0. The molecule has 1 aliphatic rings. The number of halogens is 2. The molecule has 2 heterocycles. The Morgan fingerprint density at radius 1 is 1.27 bits per heavy atom. The minimum Gasteiger partial charge on any atom is -0.497 e. The molecule has 1 saturated heterocycles. The molecule has 2 aromatic carbocycles. The molecule has 26 heavy (non-hydrogen) atoms. The average molecular weight is 390 g/mol. The summed E-state index contributed by atoms with van der Waals surface area (Å²) >= 11 is 7.65. The standard InChI is InChI=1S/C20H17ClFNO2S/c1-25-15-5-2-12(3-6-15)13-8-9-23(11-13)20(24)19-18(21)16-7-4-14(22)10-17(16)26-19/h2-7,10,13H,8-9,11H2,1H3. The van der Waals surface area contributed by atoms with Gasteiger partial charge in [0.15, 0.2) is 0 Å². The quantitative estimate of drug-likeness (QED) is 0.605. The van der Waals surface area contributed by atoms with Crippen molar-refractivity contribution in [3.8, 4) is 5.75 Å². The van der Waals surface area contributed by atoms with E-state index in [-0.39, 0.29) is 11.7 Å². The number of benzene rings is 2. The fraction of sp³-hybridized carbons (Fsp3) is 0.250. The van der Waals surface area contributed by atoms with Gasteiger partial charge in [-0.15, -0.1) is 11.3 Å². The van der Waals surface area contributed by atoms with Crippen LogP contribution in [0, 0.1) is 5.82 Å². The van der Waals surface area contributed by atoms with Crippen LogP contribution in [0.1, 0.15) is 27.6 Å². The van der Waals surface area contributed by atoms with Crippen LogP contribution in [0.2, 0.25) is 5.02 Å². The van der Waals surface area contributed by atoms with Crippen LogP contribution in [0.3, 0.4) is 0 Å². The largest absolute Gasteiger partial charge is 0.497 e. The summed E-state index contributed by atoms with van der Waals surface area (Å²) in [7, 11) is 1.64. The highest BCUT2D eigenvalue weighted by molar-refractivity contribution is 7.21. The van der Waals surface area contributed by atoms with E-state index in [0.717, 1.165) is 17.6 Å². The topological polar surface area (TPSA) is 29.5 Å². The number of thiophene rings is 1. The second-order valence-corrected chi connectivity index (χ2v) is 7.83. The van der Waals surface area contributed by atoms with E-state index in [1.807, 2.05) is 29.2 Å². The Labute approximate surface area is 159 Å². The highest BCUT2D eigenvalue weighted by Crippen LogP contribution is 2.38. The lowest BCUT2D eigenvalue weighted by molar-refractivity contribution is 0.0796. The van der Waals surface area contributed by atoms with Crippen molar-refractivity contribution in [1.82, 2.24) is 4.90 Å². The van der Waals surface area contributed by atoms with Gasteiger partial charge in [-0.2, -0.15) is 0 Å². The number of likely N-dealkylation sites (tertiary alicyclic amines) is 1. The maximum Gasteiger partial charge on any atom is 0.265 e. The van der Waals surface area contributed by atoms with Crippen LogP contribution in [0.4, 0.5) is 4.39 Å². The van der Waals surface area contributed by atoms with Gasteiger partial charge < -0.3 is 9.64 Å². The van der Waals surface area contributed by atoms with Crippen LogP contribution < -0.4 is 4.74 Å². The minimum absolute atomic E-state index is 0.0763. The summed E-state index contributed by atoms with van der Waals surface area (Å²) in [4.78, 5) is 15.3. The summed E-state index contributed by atoms with van der Waals surface area (Å²) in [5, 5.41) is 1.15. The van der Waals surface area contributed by atoms with Crippen molar-refractivity contribution < 1.29 is 13.9 Å². The summed E-state index contributed by atoms with van der Waals surface area (Å²) in [5.74, 6) is 0.724. The molecule has 1 atom stereocenters. The maximum atomic E-state index is 13.4. The molecule has 1 aromatic heterocycles. The minimum atomic E-state index is -0.324. The summed E-state index contributed by atoms with van der Waals surface area (Å²) in [6.45, 7) is 1.35. The van der Waals surface area contributed by atoms with Crippen molar-refractivity contribution >= 4 is 38.9 Å². The molecule has 0 spiro atoms. The molecule has 0 N–H and O–H groups in total. The fourth-order valence-electron chi connectivity index (χ4n) is 3.41. The maximum absolute atomic E-state index is 13.4. The smallest absolute Gasteiger partial charge is 0.265 e. The monoisotopic (exact) mass is 389 g/mol. The van der Waals surface area contributed by atoms with Gasteiger partial charge in [0.1, 0.15) is 16.4 Å². The second kappa shape index (κ2) is 6.89. The first kappa shape index (κ1) is 17.3. The van der Waals surface area contributed by atoms with Crippen molar-refractivity contribution in [3.63, 3.8) is 0 Å². The van der Waals surface area contributed by atoms with Crippen LogP contribution >= 0.6 is 22.9 Å². The van der Waals surface area contributed by atoms with Gasteiger partial charge in [-0.3, -0.25) is 4.79 Å². The molecule has 0 radical (unpaired) electrons. The fourth-order valence-corrected chi connectivity index (χ4v) is 4.92. The Kier molecular flexibility index (Phi) is 4.59. The third kappa shape index (κ3) is 3.06. The molecule has 6 heteroatoms. The van der Waals surface area contributed by atoms with Crippen molar-refractivity contribution in [2.75, 3.05) is 20.2 Å². The molecule has 0 bridgehead atoms. The Balaban J connectivity index is 1.55. The van der Waals surface area contributed by atoms with E-state index >= 15 is 0 Å². The second-order valence-electron chi connectivity index (χ2n) is 6.40. The summed E-state index contributed by atoms with van der Waals surface area (Å²) in [6.07, 6.45) is 0.912. The number of rotatable bonds is 3. The van der Waals surface area contributed by atoms with Crippen LogP contribution in [0.25, 0.3) is 10.1 Å². The van der Waals surface area contributed by atoms with Gasteiger partial charge in [0, 0.05) is 29.1 Å². The number of hydrogen-bond acceptors (Lipinski definition) is 3. The third-order valence-electron chi connectivity index (χ3n) is 4.85. The van der Waals surface area contributed by atoms with E-state index < -0.39 is 0 Å². The van der Waals surface area contributed by atoms with Crippen LogP contribution in [0.5, 0.6) is 5.75 Å². The highest BCUT2D eigenvalue weighted by Gasteiger charge is 2.30. The van der Waals surface area contributed by atoms with Crippen molar-refractivity contribution in [2.24, 2.45) is 0 Å². The van der Waals surface area contributed by atoms with E-state index in [2.05, 4.69) is 0 Å². The molecule has 0 aliphatic carbocycles.